The molecular weight excluding hydrogens is 214 g/mol. The maximum absolute atomic E-state index is 6.23. The zero-order valence-electron chi connectivity index (χ0n) is 10.5. The lowest BCUT2D eigenvalue weighted by Gasteiger charge is -2.25. The molecule has 1 saturated carbocycles. The van der Waals surface area contributed by atoms with Crippen molar-refractivity contribution in [3.05, 3.63) is 22.8 Å². The highest BCUT2D eigenvalue weighted by Gasteiger charge is 2.40. The smallest absolute Gasteiger partial charge is 0.164 e. The number of aryl methyl sites for hydroxylation is 1. The molecule has 0 unspecified atom stereocenters. The third kappa shape index (κ3) is 1.89. The van der Waals surface area contributed by atoms with Crippen LogP contribution in [0.5, 0.6) is 11.5 Å². The lowest BCUT2D eigenvalue weighted by atomic mass is 9.95. The Balaban J connectivity index is 2.06. The molecular formula is C14H19NO2. The highest BCUT2D eigenvalue weighted by atomic mass is 16.6. The van der Waals surface area contributed by atoms with E-state index >= 15 is 0 Å². The molecule has 17 heavy (non-hydrogen) atoms. The normalized spacial score (nSPS) is 20.2. The molecule has 3 rings (SSSR count). The number of rotatable bonds is 2. The highest BCUT2D eigenvalue weighted by Crippen LogP contribution is 2.43. The van der Waals surface area contributed by atoms with E-state index < -0.39 is 0 Å². The molecule has 0 amide bonds. The van der Waals surface area contributed by atoms with E-state index in [9.17, 15) is 0 Å². The quantitative estimate of drug-likeness (QED) is 0.851. The molecule has 0 radical (unpaired) electrons. The van der Waals surface area contributed by atoms with Gasteiger partial charge < -0.3 is 15.2 Å². The number of benzene rings is 1. The monoisotopic (exact) mass is 233 g/mol. The Labute approximate surface area is 102 Å². The van der Waals surface area contributed by atoms with Gasteiger partial charge in [0.25, 0.3) is 0 Å². The summed E-state index contributed by atoms with van der Waals surface area (Å²) in [5.41, 5.74) is 10.0. The van der Waals surface area contributed by atoms with Gasteiger partial charge in [-0.1, -0.05) is 0 Å². The van der Waals surface area contributed by atoms with Gasteiger partial charge in [-0.05, 0) is 50.3 Å². The van der Waals surface area contributed by atoms with E-state index in [-0.39, 0.29) is 5.54 Å². The molecule has 3 heteroatoms. The Hall–Kier alpha value is -1.22. The Morgan fingerprint density at radius 1 is 1.24 bits per heavy atom. The van der Waals surface area contributed by atoms with Crippen molar-refractivity contribution < 1.29 is 9.47 Å². The second kappa shape index (κ2) is 3.64. The van der Waals surface area contributed by atoms with Crippen LogP contribution in [0.2, 0.25) is 0 Å². The molecule has 0 bridgehead atoms. The van der Waals surface area contributed by atoms with Gasteiger partial charge in [0.15, 0.2) is 11.5 Å². The second-order valence-electron chi connectivity index (χ2n) is 5.36. The van der Waals surface area contributed by atoms with Crippen molar-refractivity contribution in [2.45, 2.75) is 38.6 Å². The van der Waals surface area contributed by atoms with Gasteiger partial charge in [-0.15, -0.1) is 0 Å². The molecule has 1 heterocycles. The Morgan fingerprint density at radius 2 is 1.94 bits per heavy atom. The number of nitrogens with two attached hydrogens (primary N) is 1. The molecule has 0 spiro atoms. The van der Waals surface area contributed by atoms with E-state index in [1.54, 1.807) is 0 Å². The number of fused-ring (bicyclic) bond motifs is 1. The van der Waals surface area contributed by atoms with Gasteiger partial charge in [-0.25, -0.2) is 0 Å². The predicted molar refractivity (Wildman–Crippen MR) is 66.8 cm³/mol. The van der Waals surface area contributed by atoms with Crippen molar-refractivity contribution in [3.8, 4) is 11.5 Å². The first kappa shape index (κ1) is 10.9. The summed E-state index contributed by atoms with van der Waals surface area (Å²) in [4.78, 5) is 0. The maximum atomic E-state index is 6.23. The molecule has 2 aliphatic rings. The zero-order valence-corrected chi connectivity index (χ0v) is 10.5. The summed E-state index contributed by atoms with van der Waals surface area (Å²) in [6.07, 6.45) is 3.15. The lowest BCUT2D eigenvalue weighted by molar-refractivity contribution is 0.169. The molecule has 0 aromatic heterocycles. The van der Waals surface area contributed by atoms with E-state index in [4.69, 9.17) is 15.2 Å². The summed E-state index contributed by atoms with van der Waals surface area (Å²) < 4.78 is 11.5. The standard InChI is InChI=1S/C14H19NO2/c1-9-7-12-13(17-6-5-16-12)11(10(9)2)8-14(15)3-4-14/h7H,3-6,8,15H2,1-2H3. The molecule has 1 aliphatic heterocycles. The van der Waals surface area contributed by atoms with Crippen LogP contribution in [0.25, 0.3) is 0 Å². The van der Waals surface area contributed by atoms with Crippen LogP contribution >= 0.6 is 0 Å². The van der Waals surface area contributed by atoms with Crippen LogP contribution in [0.4, 0.5) is 0 Å². The van der Waals surface area contributed by atoms with Crippen molar-refractivity contribution in [1.29, 1.82) is 0 Å². The van der Waals surface area contributed by atoms with Gasteiger partial charge in [0.1, 0.15) is 13.2 Å². The molecule has 1 aromatic carbocycles. The van der Waals surface area contributed by atoms with E-state index in [2.05, 4.69) is 19.9 Å². The van der Waals surface area contributed by atoms with Gasteiger partial charge in [0.2, 0.25) is 0 Å². The number of hydrogen-bond donors (Lipinski definition) is 1. The highest BCUT2D eigenvalue weighted by molar-refractivity contribution is 5.55. The van der Waals surface area contributed by atoms with Crippen molar-refractivity contribution >= 4 is 0 Å². The summed E-state index contributed by atoms with van der Waals surface area (Å²) >= 11 is 0. The molecule has 1 aromatic rings. The average molecular weight is 233 g/mol. The molecule has 92 valence electrons. The summed E-state index contributed by atoms with van der Waals surface area (Å²) in [7, 11) is 0. The average Bonchev–Trinajstić information content (AvgIpc) is 3.03. The third-order valence-electron chi connectivity index (χ3n) is 3.90. The first-order valence-corrected chi connectivity index (χ1v) is 6.27. The third-order valence-corrected chi connectivity index (χ3v) is 3.90. The van der Waals surface area contributed by atoms with E-state index in [1.807, 2.05) is 0 Å². The Morgan fingerprint density at radius 3 is 2.65 bits per heavy atom. The van der Waals surface area contributed by atoms with Crippen molar-refractivity contribution in [2.24, 2.45) is 5.73 Å². The molecule has 3 nitrogen and oxygen atoms in total. The number of hydrogen-bond acceptors (Lipinski definition) is 3. The minimum atomic E-state index is 0.00707. The van der Waals surface area contributed by atoms with Gasteiger partial charge in [-0.2, -0.15) is 0 Å². The van der Waals surface area contributed by atoms with Crippen molar-refractivity contribution in [3.63, 3.8) is 0 Å². The van der Waals surface area contributed by atoms with Crippen LogP contribution in [0.15, 0.2) is 6.07 Å². The summed E-state index contributed by atoms with van der Waals surface area (Å²) in [5, 5.41) is 0. The first-order valence-electron chi connectivity index (χ1n) is 6.27. The van der Waals surface area contributed by atoms with Crippen molar-refractivity contribution in [1.82, 2.24) is 0 Å². The number of ether oxygens (including phenoxy) is 2. The van der Waals surface area contributed by atoms with Crippen LogP contribution < -0.4 is 15.2 Å². The van der Waals surface area contributed by atoms with Crippen LogP contribution in [0.3, 0.4) is 0 Å². The van der Waals surface area contributed by atoms with Crippen LogP contribution in [-0.4, -0.2) is 18.8 Å². The van der Waals surface area contributed by atoms with Crippen molar-refractivity contribution in [2.75, 3.05) is 13.2 Å². The molecule has 0 atom stereocenters. The minimum absolute atomic E-state index is 0.00707. The zero-order chi connectivity index (χ0) is 12.0. The summed E-state index contributed by atoms with van der Waals surface area (Å²) in [6.45, 7) is 5.55. The Kier molecular flexibility index (Phi) is 2.33. The van der Waals surface area contributed by atoms with Crippen LogP contribution in [0, 0.1) is 13.8 Å². The van der Waals surface area contributed by atoms with Gasteiger partial charge >= 0.3 is 0 Å². The van der Waals surface area contributed by atoms with E-state index in [0.29, 0.717) is 13.2 Å². The maximum Gasteiger partial charge on any atom is 0.164 e. The van der Waals surface area contributed by atoms with Gasteiger partial charge in [0, 0.05) is 11.1 Å². The molecule has 1 fully saturated rings. The van der Waals surface area contributed by atoms with Gasteiger partial charge in [-0.3, -0.25) is 0 Å². The Bertz CT molecular complexity index is 464. The SMILES string of the molecule is Cc1cc2c(c(CC3(N)CC3)c1C)OCCO2. The largest absolute Gasteiger partial charge is 0.486 e. The second-order valence-corrected chi connectivity index (χ2v) is 5.36. The summed E-state index contributed by atoms with van der Waals surface area (Å²) in [6, 6.07) is 2.07. The minimum Gasteiger partial charge on any atom is -0.486 e. The topological polar surface area (TPSA) is 44.5 Å². The summed E-state index contributed by atoms with van der Waals surface area (Å²) in [5.74, 6) is 1.81. The van der Waals surface area contributed by atoms with Crippen LogP contribution in [0.1, 0.15) is 29.5 Å². The fraction of sp³-hybridized carbons (Fsp3) is 0.571. The lowest BCUT2D eigenvalue weighted by Crippen LogP contribution is -2.26. The van der Waals surface area contributed by atoms with Crippen LogP contribution in [-0.2, 0) is 6.42 Å². The fourth-order valence-electron chi connectivity index (χ4n) is 2.39. The predicted octanol–water partition coefficient (Wildman–Crippen LogP) is 2.11. The molecule has 2 N–H and O–H groups in total. The molecule has 1 aliphatic carbocycles. The first-order chi connectivity index (χ1) is 8.09. The molecule has 0 saturated heterocycles. The van der Waals surface area contributed by atoms with Gasteiger partial charge in [0.05, 0.1) is 0 Å². The van der Waals surface area contributed by atoms with E-state index in [1.165, 1.54) is 16.7 Å². The van der Waals surface area contributed by atoms with E-state index in [0.717, 1.165) is 30.8 Å². The fourth-order valence-corrected chi connectivity index (χ4v) is 2.39.